The molecule has 5 rings (SSSR count). The number of fused-ring (bicyclic) bond motifs is 1. The number of carbonyl (C=O) groups excluding carboxylic acids is 1. The zero-order valence-corrected chi connectivity index (χ0v) is 20.3. The van der Waals surface area contributed by atoms with Crippen LogP contribution in [0.5, 0.6) is 0 Å². The zero-order chi connectivity index (χ0) is 23.7. The van der Waals surface area contributed by atoms with Crippen LogP contribution in [0.15, 0.2) is 58.4 Å². The number of hydrogen-bond acceptors (Lipinski definition) is 7. The van der Waals surface area contributed by atoms with Crippen LogP contribution in [0.2, 0.25) is 0 Å². The summed E-state index contributed by atoms with van der Waals surface area (Å²) in [5.41, 5.74) is 2.85. The molecule has 2 saturated heterocycles. The summed E-state index contributed by atoms with van der Waals surface area (Å²) < 4.78 is 7.64. The van der Waals surface area contributed by atoms with Crippen LogP contribution < -0.4 is 10.9 Å². The van der Waals surface area contributed by atoms with Crippen LogP contribution in [-0.4, -0.2) is 43.8 Å². The van der Waals surface area contributed by atoms with Gasteiger partial charge < -0.3 is 10.1 Å². The van der Waals surface area contributed by atoms with Crippen LogP contribution >= 0.6 is 24.0 Å². The Hall–Kier alpha value is -3.01. The quantitative estimate of drug-likeness (QED) is 0.412. The topological polar surface area (TPSA) is 75.9 Å². The minimum absolute atomic E-state index is 0.00143. The van der Waals surface area contributed by atoms with Gasteiger partial charge in [-0.05, 0) is 43.5 Å². The lowest BCUT2D eigenvalue weighted by Crippen LogP contribution is -2.35. The number of rotatable bonds is 6. The second-order valence-electron chi connectivity index (χ2n) is 8.37. The van der Waals surface area contributed by atoms with Crippen molar-refractivity contribution in [1.82, 2.24) is 14.3 Å². The molecular formula is C25H24N4O3S2. The second-order valence-corrected chi connectivity index (χ2v) is 10.1. The number of ether oxygens (including phenoxy) is 1. The Morgan fingerprint density at radius 3 is 2.82 bits per heavy atom. The number of benzene rings is 1. The molecule has 34 heavy (non-hydrogen) atoms. The highest BCUT2D eigenvalue weighted by molar-refractivity contribution is 8.26. The molecule has 2 aliphatic heterocycles. The van der Waals surface area contributed by atoms with Crippen LogP contribution in [0.4, 0.5) is 5.82 Å². The standard InChI is InChI=1S/C25H24N4O3S2/c1-16-7-9-17(10-8-16)14-26-22-19(23(30)28-11-3-2-6-21(28)27-22)13-20-24(31)29(25(33)34-20)15-18-5-4-12-32-18/h2-3,6-11,13,18,26H,4-5,12,14-15H2,1H3/b20-13-/t18-/m1/s1. The van der Waals surface area contributed by atoms with E-state index in [1.165, 1.54) is 21.7 Å². The summed E-state index contributed by atoms with van der Waals surface area (Å²) in [5.74, 6) is 0.230. The van der Waals surface area contributed by atoms with Gasteiger partial charge in [0, 0.05) is 19.3 Å². The molecule has 3 aromatic rings. The van der Waals surface area contributed by atoms with Gasteiger partial charge in [-0.1, -0.05) is 59.9 Å². The number of aromatic nitrogens is 2. The van der Waals surface area contributed by atoms with Gasteiger partial charge in [0.15, 0.2) is 0 Å². The number of thioether (sulfide) groups is 1. The highest BCUT2D eigenvalue weighted by Crippen LogP contribution is 2.34. The Bertz CT molecular complexity index is 1340. The van der Waals surface area contributed by atoms with Crippen molar-refractivity contribution in [3.8, 4) is 0 Å². The molecule has 1 N–H and O–H groups in total. The summed E-state index contributed by atoms with van der Waals surface area (Å²) in [6.07, 6.45) is 5.20. The van der Waals surface area contributed by atoms with Crippen LogP contribution in [0.25, 0.3) is 11.7 Å². The van der Waals surface area contributed by atoms with Gasteiger partial charge in [-0.25, -0.2) is 4.98 Å². The fourth-order valence-corrected chi connectivity index (χ4v) is 5.30. The molecule has 0 saturated carbocycles. The number of aryl methyl sites for hydroxylation is 1. The molecule has 1 atom stereocenters. The second kappa shape index (κ2) is 9.69. The van der Waals surface area contributed by atoms with Gasteiger partial charge in [0.25, 0.3) is 11.5 Å². The maximum absolute atomic E-state index is 13.4. The van der Waals surface area contributed by atoms with Crippen molar-refractivity contribution in [2.45, 2.75) is 32.4 Å². The molecule has 0 spiro atoms. The molecule has 0 aliphatic carbocycles. The van der Waals surface area contributed by atoms with Crippen molar-refractivity contribution in [2.24, 2.45) is 0 Å². The molecule has 2 aromatic heterocycles. The number of nitrogens with one attached hydrogen (secondary N) is 1. The van der Waals surface area contributed by atoms with Crippen LogP contribution in [-0.2, 0) is 16.1 Å². The third kappa shape index (κ3) is 4.64. The average Bonchev–Trinajstić information content (AvgIpc) is 3.45. The summed E-state index contributed by atoms with van der Waals surface area (Å²) in [5, 5.41) is 3.30. The largest absolute Gasteiger partial charge is 0.376 e. The normalized spacial score (nSPS) is 19.5. The number of thiocarbonyl (C=S) groups is 1. The first-order valence-corrected chi connectivity index (χ1v) is 12.4. The number of nitrogens with zero attached hydrogens (tertiary/aromatic N) is 3. The molecule has 0 radical (unpaired) electrons. The molecule has 1 aromatic carbocycles. The molecule has 9 heteroatoms. The SMILES string of the molecule is Cc1ccc(CNc2nc3ccccn3c(=O)c2/C=C2\SC(=S)N(C[C@H]3CCCO3)C2=O)cc1. The Morgan fingerprint density at radius 2 is 2.06 bits per heavy atom. The monoisotopic (exact) mass is 492 g/mol. The highest BCUT2D eigenvalue weighted by Gasteiger charge is 2.35. The van der Waals surface area contributed by atoms with E-state index >= 15 is 0 Å². The number of hydrogen-bond donors (Lipinski definition) is 1. The minimum Gasteiger partial charge on any atom is -0.376 e. The van der Waals surface area contributed by atoms with Crippen molar-refractivity contribution < 1.29 is 9.53 Å². The molecule has 1 amide bonds. The van der Waals surface area contributed by atoms with Gasteiger partial charge in [-0.2, -0.15) is 0 Å². The third-order valence-electron chi connectivity index (χ3n) is 5.91. The van der Waals surface area contributed by atoms with Gasteiger partial charge in [0.1, 0.15) is 15.8 Å². The van der Waals surface area contributed by atoms with Crippen LogP contribution in [0, 0.1) is 6.92 Å². The lowest BCUT2D eigenvalue weighted by atomic mass is 10.1. The van der Waals surface area contributed by atoms with Gasteiger partial charge >= 0.3 is 0 Å². The Kier molecular flexibility index (Phi) is 6.49. The Morgan fingerprint density at radius 1 is 1.24 bits per heavy atom. The molecule has 0 bridgehead atoms. The highest BCUT2D eigenvalue weighted by atomic mass is 32.2. The van der Waals surface area contributed by atoms with E-state index in [2.05, 4.69) is 10.3 Å². The van der Waals surface area contributed by atoms with Gasteiger partial charge in [-0.15, -0.1) is 0 Å². The minimum atomic E-state index is -0.249. The predicted octanol–water partition coefficient (Wildman–Crippen LogP) is 4.00. The van der Waals surface area contributed by atoms with E-state index in [-0.39, 0.29) is 17.6 Å². The van der Waals surface area contributed by atoms with Crippen molar-refractivity contribution in [2.75, 3.05) is 18.5 Å². The molecule has 7 nitrogen and oxygen atoms in total. The number of amides is 1. The predicted molar refractivity (Wildman–Crippen MR) is 139 cm³/mol. The zero-order valence-electron chi connectivity index (χ0n) is 18.7. The number of pyridine rings is 1. The Labute approximate surface area is 206 Å². The lowest BCUT2D eigenvalue weighted by molar-refractivity contribution is -0.123. The fraction of sp³-hybridized carbons (Fsp3) is 0.280. The molecule has 0 unspecified atom stereocenters. The first kappa shape index (κ1) is 22.8. The van der Waals surface area contributed by atoms with E-state index in [1.54, 1.807) is 29.3 Å². The third-order valence-corrected chi connectivity index (χ3v) is 7.29. The van der Waals surface area contributed by atoms with Gasteiger partial charge in [0.05, 0.1) is 23.1 Å². The van der Waals surface area contributed by atoms with E-state index in [0.717, 1.165) is 18.4 Å². The van der Waals surface area contributed by atoms with E-state index in [0.29, 0.717) is 46.0 Å². The van der Waals surface area contributed by atoms with Gasteiger partial charge in [-0.3, -0.25) is 18.9 Å². The molecule has 2 aliphatic rings. The van der Waals surface area contributed by atoms with Crippen molar-refractivity contribution in [3.63, 3.8) is 0 Å². The van der Waals surface area contributed by atoms with Crippen molar-refractivity contribution >= 4 is 51.7 Å². The first-order valence-electron chi connectivity index (χ1n) is 11.2. The summed E-state index contributed by atoms with van der Waals surface area (Å²) in [6.45, 7) is 3.69. The Balaban J connectivity index is 1.49. The summed E-state index contributed by atoms with van der Waals surface area (Å²) in [7, 11) is 0. The lowest BCUT2D eigenvalue weighted by Gasteiger charge is -2.18. The molecular weight excluding hydrogens is 468 g/mol. The van der Waals surface area contributed by atoms with E-state index in [1.807, 2.05) is 37.3 Å². The first-order chi connectivity index (χ1) is 16.5. The summed E-state index contributed by atoms with van der Waals surface area (Å²) >= 11 is 6.68. The molecule has 174 valence electrons. The maximum atomic E-state index is 13.4. The fourth-order valence-electron chi connectivity index (χ4n) is 4.04. The smallest absolute Gasteiger partial charge is 0.267 e. The van der Waals surface area contributed by atoms with E-state index in [4.69, 9.17) is 17.0 Å². The van der Waals surface area contributed by atoms with Crippen molar-refractivity contribution in [3.05, 3.63) is 80.6 Å². The summed E-state index contributed by atoms with van der Waals surface area (Å²) in [6, 6.07) is 13.5. The number of carbonyl (C=O) groups is 1. The van der Waals surface area contributed by atoms with Gasteiger partial charge in [0.2, 0.25) is 0 Å². The molecule has 4 heterocycles. The molecule has 2 fully saturated rings. The average molecular weight is 493 g/mol. The van der Waals surface area contributed by atoms with E-state index < -0.39 is 0 Å². The van der Waals surface area contributed by atoms with E-state index in [9.17, 15) is 9.59 Å². The van der Waals surface area contributed by atoms with Crippen molar-refractivity contribution in [1.29, 1.82) is 0 Å². The maximum Gasteiger partial charge on any atom is 0.267 e. The van der Waals surface area contributed by atoms with Crippen LogP contribution in [0.1, 0.15) is 29.5 Å². The summed E-state index contributed by atoms with van der Waals surface area (Å²) in [4.78, 5) is 33.2. The van der Waals surface area contributed by atoms with Crippen LogP contribution in [0.3, 0.4) is 0 Å². The number of anilines is 1.